The van der Waals surface area contributed by atoms with E-state index >= 15 is 0 Å². The Labute approximate surface area is 135 Å². The summed E-state index contributed by atoms with van der Waals surface area (Å²) in [5.41, 5.74) is 0.511. The highest BCUT2D eigenvalue weighted by atomic mass is 32.2. The molecular weight excluding hydrogens is 331 g/mol. The largest absolute Gasteiger partial charge is 0.471 e. The van der Waals surface area contributed by atoms with E-state index in [2.05, 4.69) is 0 Å². The van der Waals surface area contributed by atoms with E-state index in [-0.39, 0.29) is 16.8 Å². The van der Waals surface area contributed by atoms with Crippen molar-refractivity contribution in [2.24, 2.45) is 0 Å². The number of nitrogens with one attached hydrogen (secondary N) is 1. The van der Waals surface area contributed by atoms with Crippen LogP contribution in [0.5, 0.6) is 0 Å². The standard InChI is InChI=1S/C15H16F3NO3S/c16-15(17,18)14(22)19-10-6-7-12(11(20)8-10)23-13(21)9-4-2-1-3-5-9/h1-5,10-12,20H,6-8H2,(H,19,22)/t10-,11-,12-/m1/s1. The molecule has 0 heterocycles. The van der Waals surface area contributed by atoms with Crippen molar-refractivity contribution in [3.8, 4) is 0 Å². The number of aliphatic hydroxyl groups is 1. The van der Waals surface area contributed by atoms with Gasteiger partial charge in [0.25, 0.3) is 0 Å². The molecule has 23 heavy (non-hydrogen) atoms. The maximum atomic E-state index is 12.2. The summed E-state index contributed by atoms with van der Waals surface area (Å²) in [5.74, 6) is -2.00. The number of halogens is 3. The number of hydrogen-bond donors (Lipinski definition) is 2. The predicted octanol–water partition coefficient (Wildman–Crippen LogP) is 2.52. The Bertz CT molecular complexity index is 565. The van der Waals surface area contributed by atoms with Gasteiger partial charge < -0.3 is 10.4 Å². The third kappa shape index (κ3) is 4.97. The number of hydrogen-bond acceptors (Lipinski definition) is 4. The molecule has 0 aliphatic heterocycles. The van der Waals surface area contributed by atoms with E-state index in [0.717, 1.165) is 11.8 Å². The van der Waals surface area contributed by atoms with E-state index in [1.165, 1.54) is 0 Å². The van der Waals surface area contributed by atoms with Crippen molar-refractivity contribution >= 4 is 22.8 Å². The van der Waals surface area contributed by atoms with Crippen LogP contribution < -0.4 is 5.32 Å². The summed E-state index contributed by atoms with van der Waals surface area (Å²) in [7, 11) is 0. The molecule has 1 aliphatic rings. The fraction of sp³-hybridized carbons (Fsp3) is 0.467. The van der Waals surface area contributed by atoms with Gasteiger partial charge in [-0.05, 0) is 19.3 Å². The van der Waals surface area contributed by atoms with Crippen LogP contribution in [0.3, 0.4) is 0 Å². The van der Waals surface area contributed by atoms with E-state index in [4.69, 9.17) is 0 Å². The minimum Gasteiger partial charge on any atom is -0.392 e. The van der Waals surface area contributed by atoms with Crippen molar-refractivity contribution in [1.29, 1.82) is 0 Å². The molecule has 0 bridgehead atoms. The Morgan fingerprint density at radius 2 is 1.83 bits per heavy atom. The van der Waals surface area contributed by atoms with Gasteiger partial charge in [0.15, 0.2) is 0 Å². The van der Waals surface area contributed by atoms with Gasteiger partial charge in [0.05, 0.1) is 6.10 Å². The third-order valence-electron chi connectivity index (χ3n) is 3.62. The molecule has 0 radical (unpaired) electrons. The number of alkyl halides is 3. The fourth-order valence-electron chi connectivity index (χ4n) is 2.43. The highest BCUT2D eigenvalue weighted by molar-refractivity contribution is 8.14. The van der Waals surface area contributed by atoms with Gasteiger partial charge in [0, 0.05) is 16.9 Å². The quantitative estimate of drug-likeness (QED) is 0.882. The first kappa shape index (κ1) is 17.8. The molecule has 2 N–H and O–H groups in total. The zero-order chi connectivity index (χ0) is 17.0. The van der Waals surface area contributed by atoms with Crippen molar-refractivity contribution in [3.63, 3.8) is 0 Å². The smallest absolute Gasteiger partial charge is 0.392 e. The molecule has 1 saturated carbocycles. The molecule has 0 saturated heterocycles. The summed E-state index contributed by atoms with van der Waals surface area (Å²) in [6, 6.07) is 7.84. The fourth-order valence-corrected chi connectivity index (χ4v) is 3.50. The summed E-state index contributed by atoms with van der Waals surface area (Å²) in [6.45, 7) is 0. The Hall–Kier alpha value is -1.54. The molecule has 3 atom stereocenters. The molecule has 0 unspecified atom stereocenters. The van der Waals surface area contributed by atoms with Crippen LogP contribution >= 0.6 is 11.8 Å². The highest BCUT2D eigenvalue weighted by Gasteiger charge is 2.41. The van der Waals surface area contributed by atoms with Crippen LogP contribution in [0.4, 0.5) is 13.2 Å². The average molecular weight is 347 g/mol. The van der Waals surface area contributed by atoms with Gasteiger partial charge in [-0.2, -0.15) is 13.2 Å². The normalized spacial score (nSPS) is 25.0. The maximum Gasteiger partial charge on any atom is 0.471 e. The molecule has 1 aliphatic carbocycles. The summed E-state index contributed by atoms with van der Waals surface area (Å²) >= 11 is 0.984. The van der Waals surface area contributed by atoms with E-state index in [9.17, 15) is 27.9 Å². The molecule has 1 aromatic rings. The average Bonchev–Trinajstić information content (AvgIpc) is 2.50. The van der Waals surface area contributed by atoms with Gasteiger partial charge in [0.2, 0.25) is 5.12 Å². The number of carbonyl (C=O) groups excluding carboxylic acids is 2. The predicted molar refractivity (Wildman–Crippen MR) is 80.0 cm³/mol. The molecule has 1 amide bonds. The minimum atomic E-state index is -4.93. The van der Waals surface area contributed by atoms with Crippen LogP contribution in [0.25, 0.3) is 0 Å². The molecule has 4 nitrogen and oxygen atoms in total. The molecule has 1 fully saturated rings. The van der Waals surface area contributed by atoms with E-state index in [0.29, 0.717) is 18.4 Å². The molecule has 126 valence electrons. The molecule has 2 rings (SSSR count). The number of aliphatic hydroxyl groups excluding tert-OH is 1. The van der Waals surface area contributed by atoms with Crippen LogP contribution in [0.1, 0.15) is 29.6 Å². The molecule has 0 spiro atoms. The number of rotatable bonds is 3. The van der Waals surface area contributed by atoms with Gasteiger partial charge in [-0.25, -0.2) is 0 Å². The Morgan fingerprint density at radius 1 is 1.17 bits per heavy atom. The lowest BCUT2D eigenvalue weighted by Gasteiger charge is -2.32. The van der Waals surface area contributed by atoms with Gasteiger partial charge in [-0.1, -0.05) is 42.1 Å². The summed E-state index contributed by atoms with van der Waals surface area (Å²) in [6.07, 6.45) is -5.23. The molecule has 8 heteroatoms. The first-order valence-corrected chi connectivity index (χ1v) is 7.97. The topological polar surface area (TPSA) is 66.4 Å². The van der Waals surface area contributed by atoms with Crippen molar-refractivity contribution in [2.75, 3.05) is 0 Å². The monoisotopic (exact) mass is 347 g/mol. The van der Waals surface area contributed by atoms with Gasteiger partial charge in [0.1, 0.15) is 0 Å². The highest BCUT2D eigenvalue weighted by Crippen LogP contribution is 2.31. The minimum absolute atomic E-state index is 0.00154. The van der Waals surface area contributed by atoms with Gasteiger partial charge >= 0.3 is 12.1 Å². The molecule has 1 aromatic carbocycles. The van der Waals surface area contributed by atoms with Gasteiger partial charge in [-0.15, -0.1) is 0 Å². The lowest BCUT2D eigenvalue weighted by molar-refractivity contribution is -0.174. The zero-order valence-corrected chi connectivity index (χ0v) is 12.9. The van der Waals surface area contributed by atoms with Gasteiger partial charge in [-0.3, -0.25) is 9.59 Å². The van der Waals surface area contributed by atoms with Crippen LogP contribution in [-0.4, -0.2) is 39.7 Å². The Kier molecular flexibility index (Phi) is 5.69. The number of carbonyl (C=O) groups is 2. The second-order valence-electron chi connectivity index (χ2n) is 5.36. The SMILES string of the molecule is O=C(S[C@@H]1CC[C@@H](NC(=O)C(F)(F)F)C[C@H]1O)c1ccccc1. The lowest BCUT2D eigenvalue weighted by atomic mass is 9.92. The summed E-state index contributed by atoms with van der Waals surface area (Å²) < 4.78 is 36.6. The first-order chi connectivity index (χ1) is 10.8. The van der Waals surface area contributed by atoms with Crippen LogP contribution in [0.15, 0.2) is 30.3 Å². The third-order valence-corrected chi connectivity index (χ3v) is 4.92. The van der Waals surface area contributed by atoms with Crippen molar-refractivity contribution < 1.29 is 27.9 Å². The molecule has 0 aromatic heterocycles. The lowest BCUT2D eigenvalue weighted by Crippen LogP contribution is -2.48. The second-order valence-corrected chi connectivity index (χ2v) is 6.57. The Morgan fingerprint density at radius 3 is 2.39 bits per heavy atom. The van der Waals surface area contributed by atoms with Crippen LogP contribution in [0.2, 0.25) is 0 Å². The molecular formula is C15H16F3NO3S. The van der Waals surface area contributed by atoms with Crippen molar-refractivity contribution in [3.05, 3.63) is 35.9 Å². The maximum absolute atomic E-state index is 12.2. The zero-order valence-electron chi connectivity index (χ0n) is 12.0. The van der Waals surface area contributed by atoms with Crippen LogP contribution in [0, 0.1) is 0 Å². The summed E-state index contributed by atoms with van der Waals surface area (Å²) in [5, 5.41) is 11.3. The second kappa shape index (κ2) is 7.35. The summed E-state index contributed by atoms with van der Waals surface area (Å²) in [4.78, 5) is 23.0. The Balaban J connectivity index is 1.87. The number of benzene rings is 1. The number of thioether (sulfide) groups is 1. The van der Waals surface area contributed by atoms with E-state index in [1.807, 2.05) is 5.32 Å². The van der Waals surface area contributed by atoms with Crippen molar-refractivity contribution in [1.82, 2.24) is 5.32 Å². The number of amides is 1. The van der Waals surface area contributed by atoms with Crippen LogP contribution in [-0.2, 0) is 4.79 Å². The van der Waals surface area contributed by atoms with E-state index in [1.54, 1.807) is 30.3 Å². The van der Waals surface area contributed by atoms with Crippen molar-refractivity contribution in [2.45, 2.75) is 42.8 Å². The van der Waals surface area contributed by atoms with E-state index < -0.39 is 24.2 Å². The first-order valence-electron chi connectivity index (χ1n) is 7.09.